The van der Waals surface area contributed by atoms with E-state index in [1.165, 1.54) is 5.01 Å². The predicted octanol–water partition coefficient (Wildman–Crippen LogP) is 2.09. The number of rotatable bonds is 13. The maximum absolute atomic E-state index is 10.2. The van der Waals surface area contributed by atoms with Crippen LogP contribution >= 0.6 is 11.6 Å². The normalized spacial score (nSPS) is 14.2. The van der Waals surface area contributed by atoms with Gasteiger partial charge in [0.05, 0.1) is 24.7 Å². The van der Waals surface area contributed by atoms with E-state index < -0.39 is 12.2 Å². The minimum atomic E-state index is -0.867. The number of nitrogens with zero attached hydrogens (tertiary/aromatic N) is 1. The molecule has 7 N–H and O–H groups in total. The number of aliphatic hydroxyl groups is 3. The largest absolute Gasteiger partial charge is 0.491 e. The van der Waals surface area contributed by atoms with E-state index in [0.29, 0.717) is 22.9 Å². The Morgan fingerprint density at radius 3 is 1.76 bits per heavy atom. The Bertz CT molecular complexity index is 915. The molecule has 0 saturated heterocycles. The summed E-state index contributed by atoms with van der Waals surface area (Å²) in [4.78, 5) is 0. The van der Waals surface area contributed by atoms with Crippen LogP contribution in [-0.4, -0.2) is 64.8 Å². The van der Waals surface area contributed by atoms with Crippen LogP contribution in [0.5, 0.6) is 11.5 Å². The van der Waals surface area contributed by atoms with Crippen LogP contribution in [0.4, 0.5) is 0 Å². The average molecular weight is 494 g/mol. The van der Waals surface area contributed by atoms with Crippen LogP contribution in [0.2, 0.25) is 0 Å². The van der Waals surface area contributed by atoms with E-state index in [1.807, 2.05) is 48.5 Å². The molecule has 0 aliphatic rings. The Kier molecular flexibility index (Phi) is 10.5. The Morgan fingerprint density at radius 2 is 1.38 bits per heavy atom. The van der Waals surface area contributed by atoms with Crippen molar-refractivity contribution >= 4 is 11.6 Å². The second kappa shape index (κ2) is 12.8. The molecule has 0 saturated carbocycles. The van der Waals surface area contributed by atoms with Gasteiger partial charge in [-0.3, -0.25) is 0 Å². The fourth-order valence-corrected chi connectivity index (χ4v) is 3.45. The summed E-state index contributed by atoms with van der Waals surface area (Å²) >= 11 is 5.59. The number of halogens is 1. The quantitative estimate of drug-likeness (QED) is 0.163. The van der Waals surface area contributed by atoms with Crippen LogP contribution in [0.3, 0.4) is 0 Å². The minimum absolute atomic E-state index is 0.0403. The van der Waals surface area contributed by atoms with Crippen LogP contribution in [0.15, 0.2) is 59.9 Å². The van der Waals surface area contributed by atoms with E-state index in [-0.39, 0.29) is 37.7 Å². The van der Waals surface area contributed by atoms with E-state index in [9.17, 15) is 15.3 Å². The van der Waals surface area contributed by atoms with Crippen LogP contribution in [0.25, 0.3) is 0 Å². The molecule has 2 rings (SSSR count). The Morgan fingerprint density at radius 1 is 0.941 bits per heavy atom. The molecule has 9 heteroatoms. The maximum atomic E-state index is 10.2. The number of hydrogen-bond acceptors (Lipinski definition) is 8. The van der Waals surface area contributed by atoms with Gasteiger partial charge < -0.3 is 35.5 Å². The average Bonchev–Trinajstić information content (AvgIpc) is 2.81. The lowest BCUT2D eigenvalue weighted by Gasteiger charge is -2.27. The van der Waals surface area contributed by atoms with Crippen molar-refractivity contribution in [2.45, 2.75) is 38.4 Å². The molecule has 1 unspecified atom stereocenters. The molecule has 188 valence electrons. The van der Waals surface area contributed by atoms with Crippen molar-refractivity contribution in [3.63, 3.8) is 0 Å². The molecular weight excluding hydrogens is 458 g/mol. The lowest BCUT2D eigenvalue weighted by Crippen LogP contribution is -2.41. The monoisotopic (exact) mass is 493 g/mol. The van der Waals surface area contributed by atoms with Gasteiger partial charge in [0.1, 0.15) is 36.9 Å². The van der Waals surface area contributed by atoms with Gasteiger partial charge in [-0.15, -0.1) is 11.6 Å². The first-order valence-electron chi connectivity index (χ1n) is 11.1. The molecule has 2 aromatic carbocycles. The van der Waals surface area contributed by atoms with E-state index >= 15 is 0 Å². The highest BCUT2D eigenvalue weighted by atomic mass is 35.5. The molecule has 0 bridgehead atoms. The second-order valence-corrected chi connectivity index (χ2v) is 9.01. The van der Waals surface area contributed by atoms with Gasteiger partial charge in [-0.2, -0.15) is 0 Å². The van der Waals surface area contributed by atoms with Gasteiger partial charge in [-0.05, 0) is 42.3 Å². The van der Waals surface area contributed by atoms with E-state index in [1.54, 1.807) is 6.92 Å². The lowest BCUT2D eigenvalue weighted by molar-refractivity contribution is 0.0741. The summed E-state index contributed by atoms with van der Waals surface area (Å²) in [6, 6.07) is 15.4. The number of benzene rings is 2. The number of allylic oxidation sites excluding steroid dienone is 1. The third-order valence-electron chi connectivity index (χ3n) is 5.57. The van der Waals surface area contributed by atoms with Gasteiger partial charge in [0.15, 0.2) is 0 Å². The van der Waals surface area contributed by atoms with E-state index in [4.69, 9.17) is 32.7 Å². The molecule has 0 amide bonds. The zero-order valence-electron chi connectivity index (χ0n) is 19.9. The van der Waals surface area contributed by atoms with Crippen molar-refractivity contribution in [1.29, 1.82) is 0 Å². The predicted molar refractivity (Wildman–Crippen MR) is 134 cm³/mol. The summed E-state index contributed by atoms with van der Waals surface area (Å²) in [5.41, 5.74) is 8.37. The molecule has 0 heterocycles. The van der Waals surface area contributed by atoms with Crippen molar-refractivity contribution in [3.8, 4) is 11.5 Å². The number of ether oxygens (including phenoxy) is 2. The van der Waals surface area contributed by atoms with Crippen molar-refractivity contribution in [1.82, 2.24) is 5.01 Å². The molecule has 0 aliphatic carbocycles. The van der Waals surface area contributed by atoms with E-state index in [2.05, 4.69) is 13.8 Å². The van der Waals surface area contributed by atoms with Gasteiger partial charge in [0.2, 0.25) is 0 Å². The van der Waals surface area contributed by atoms with Gasteiger partial charge in [-0.1, -0.05) is 38.1 Å². The van der Waals surface area contributed by atoms with Gasteiger partial charge >= 0.3 is 0 Å². The highest BCUT2D eigenvalue weighted by molar-refractivity contribution is 6.18. The first kappa shape index (κ1) is 27.8. The van der Waals surface area contributed by atoms with Crippen LogP contribution in [0, 0.1) is 0 Å². The number of alkyl halides is 1. The smallest absolute Gasteiger partial charge is 0.119 e. The molecule has 8 nitrogen and oxygen atoms in total. The zero-order valence-corrected chi connectivity index (χ0v) is 20.7. The van der Waals surface area contributed by atoms with Gasteiger partial charge in [-0.25, -0.2) is 5.84 Å². The topological polar surface area (TPSA) is 134 Å². The van der Waals surface area contributed by atoms with Crippen molar-refractivity contribution in [2.24, 2.45) is 11.6 Å². The molecule has 0 radical (unpaired) electrons. The third-order valence-corrected chi connectivity index (χ3v) is 5.93. The molecular formula is C25H36ClN3O5. The molecule has 2 atom stereocenters. The summed E-state index contributed by atoms with van der Waals surface area (Å²) in [6.07, 6.45) is -1.56. The summed E-state index contributed by atoms with van der Waals surface area (Å²) in [5, 5.41) is 30.3. The first-order valence-corrected chi connectivity index (χ1v) is 11.6. The van der Waals surface area contributed by atoms with Gasteiger partial charge in [0, 0.05) is 11.1 Å². The fourth-order valence-electron chi connectivity index (χ4n) is 3.36. The summed E-state index contributed by atoms with van der Waals surface area (Å²) in [5.74, 6) is 7.29. The van der Waals surface area contributed by atoms with Crippen molar-refractivity contribution in [3.05, 3.63) is 71.1 Å². The zero-order chi connectivity index (χ0) is 25.3. The lowest BCUT2D eigenvalue weighted by atomic mass is 9.78. The van der Waals surface area contributed by atoms with Crippen LogP contribution < -0.4 is 21.1 Å². The Balaban J connectivity index is 1.95. The summed E-state index contributed by atoms with van der Waals surface area (Å²) in [6.45, 7) is 5.84. The Hall–Kier alpha value is -2.49. The highest BCUT2D eigenvalue weighted by Gasteiger charge is 2.23. The van der Waals surface area contributed by atoms with Crippen LogP contribution in [0.1, 0.15) is 31.9 Å². The number of nitrogens with two attached hydrogens (primary N) is 2. The second-order valence-electron chi connectivity index (χ2n) is 8.70. The van der Waals surface area contributed by atoms with Crippen LogP contribution in [-0.2, 0) is 5.41 Å². The van der Waals surface area contributed by atoms with Crippen molar-refractivity contribution < 1.29 is 24.8 Å². The molecule has 0 aromatic heterocycles. The van der Waals surface area contributed by atoms with Gasteiger partial charge in [0.25, 0.3) is 0 Å². The fraction of sp³-hybridized carbons (Fsp3) is 0.440. The highest BCUT2D eigenvalue weighted by Crippen LogP contribution is 2.33. The molecule has 34 heavy (non-hydrogen) atoms. The minimum Gasteiger partial charge on any atom is -0.491 e. The number of hydrazine groups is 1. The van der Waals surface area contributed by atoms with Crippen molar-refractivity contribution in [2.75, 3.05) is 32.2 Å². The number of hydrogen-bond donors (Lipinski definition) is 5. The standard InChI is InChI=1S/C25H36ClN3O5/c1-17(27)24(14-30)29(28)13-21(32)16-34-23-10-6-19(7-11-23)25(2,3)18-4-8-22(9-5-18)33-15-20(31)12-26/h4-11,20-21,30-32H,12-16,27-28H2,1-3H3/b24-17-/t20?,21-/m1/s1. The molecule has 0 aliphatic heterocycles. The molecule has 0 spiro atoms. The molecule has 2 aromatic rings. The first-order chi connectivity index (χ1) is 16.1. The maximum Gasteiger partial charge on any atom is 0.119 e. The summed E-state index contributed by atoms with van der Waals surface area (Å²) in [7, 11) is 0. The molecule has 0 fully saturated rings. The SMILES string of the molecule is C/C(N)=C(\CO)N(N)C[C@@H](O)COc1ccc(C(C)(C)c2ccc(OCC(O)CCl)cc2)cc1. The third kappa shape index (κ3) is 7.78. The Labute approximate surface area is 206 Å². The van der Waals surface area contributed by atoms with E-state index in [0.717, 1.165) is 11.1 Å². The summed E-state index contributed by atoms with van der Waals surface area (Å²) < 4.78 is 11.2. The number of aliphatic hydroxyl groups excluding tert-OH is 3.